The van der Waals surface area contributed by atoms with E-state index in [0.29, 0.717) is 26.1 Å². The Morgan fingerprint density at radius 2 is 0.893 bits per heavy atom. The van der Waals surface area contributed by atoms with Gasteiger partial charge in [0, 0.05) is 12.8 Å². The Bertz CT molecular complexity index is 365. The van der Waals surface area contributed by atoms with Crippen LogP contribution in [0.1, 0.15) is 103 Å². The van der Waals surface area contributed by atoms with E-state index >= 15 is 0 Å². The van der Waals surface area contributed by atoms with Crippen LogP contribution < -0.4 is 0 Å². The van der Waals surface area contributed by atoms with Crippen molar-refractivity contribution in [2.24, 2.45) is 0 Å². The van der Waals surface area contributed by atoms with Crippen LogP contribution in [0.2, 0.25) is 0 Å². The average Bonchev–Trinajstić information content (AvgIpc) is 2.69. The maximum Gasteiger partial charge on any atom is 0.305 e. The molecule has 0 rings (SSSR count). The van der Waals surface area contributed by atoms with Gasteiger partial charge in [-0.3, -0.25) is 9.59 Å². The molecule has 0 N–H and O–H groups in total. The number of carbonyl (C=O) groups is 2. The van der Waals surface area contributed by atoms with Gasteiger partial charge in [-0.15, -0.1) is 13.2 Å². The molecule has 0 bridgehead atoms. The average molecular weight is 395 g/mol. The largest absolute Gasteiger partial charge is 0.466 e. The van der Waals surface area contributed by atoms with Crippen LogP contribution in [0.15, 0.2) is 25.3 Å². The summed E-state index contributed by atoms with van der Waals surface area (Å²) in [6, 6.07) is 0. The molecule has 4 heteroatoms. The number of carbonyl (C=O) groups excluding carboxylic acids is 2. The SMILES string of the molecule is C=CCCCCCC(=O)OCCCCCCCCOC(=O)CCCCCC=C. The van der Waals surface area contributed by atoms with E-state index in [1.54, 1.807) is 0 Å². The van der Waals surface area contributed by atoms with Crippen LogP contribution in [-0.2, 0) is 19.1 Å². The van der Waals surface area contributed by atoms with E-state index in [1.807, 2.05) is 12.2 Å². The summed E-state index contributed by atoms with van der Waals surface area (Å²) in [6.07, 6.45) is 19.4. The van der Waals surface area contributed by atoms with Gasteiger partial charge in [0.1, 0.15) is 0 Å². The van der Waals surface area contributed by atoms with Crippen molar-refractivity contribution in [2.45, 2.75) is 103 Å². The second-order valence-corrected chi connectivity index (χ2v) is 7.34. The Morgan fingerprint density at radius 3 is 1.29 bits per heavy atom. The lowest BCUT2D eigenvalue weighted by molar-refractivity contribution is -0.144. The zero-order valence-electron chi connectivity index (χ0n) is 17.9. The van der Waals surface area contributed by atoms with Crippen molar-refractivity contribution in [3.8, 4) is 0 Å². The highest BCUT2D eigenvalue weighted by Gasteiger charge is 2.03. The molecule has 0 aliphatic rings. The maximum atomic E-state index is 11.6. The van der Waals surface area contributed by atoms with E-state index in [9.17, 15) is 9.59 Å². The minimum atomic E-state index is -0.0684. The van der Waals surface area contributed by atoms with Gasteiger partial charge in [-0.05, 0) is 51.4 Å². The quantitative estimate of drug-likeness (QED) is 0.124. The summed E-state index contributed by atoms with van der Waals surface area (Å²) in [5.74, 6) is -0.137. The number of rotatable bonds is 21. The van der Waals surface area contributed by atoms with Crippen molar-refractivity contribution in [1.29, 1.82) is 0 Å². The van der Waals surface area contributed by atoms with Crippen molar-refractivity contribution in [3.63, 3.8) is 0 Å². The normalized spacial score (nSPS) is 10.4. The summed E-state index contributed by atoms with van der Waals surface area (Å²) in [6.45, 7) is 8.45. The van der Waals surface area contributed by atoms with Gasteiger partial charge in [0.2, 0.25) is 0 Å². The van der Waals surface area contributed by atoms with E-state index < -0.39 is 0 Å². The van der Waals surface area contributed by atoms with Crippen molar-refractivity contribution >= 4 is 11.9 Å². The highest BCUT2D eigenvalue weighted by atomic mass is 16.5. The van der Waals surface area contributed by atoms with Gasteiger partial charge in [0.05, 0.1) is 13.2 Å². The van der Waals surface area contributed by atoms with Crippen LogP contribution in [0.5, 0.6) is 0 Å². The predicted molar refractivity (Wildman–Crippen MR) is 116 cm³/mol. The van der Waals surface area contributed by atoms with Gasteiger partial charge in [0.25, 0.3) is 0 Å². The molecule has 162 valence electrons. The highest BCUT2D eigenvalue weighted by Crippen LogP contribution is 2.08. The van der Waals surface area contributed by atoms with E-state index in [4.69, 9.17) is 9.47 Å². The van der Waals surface area contributed by atoms with E-state index in [0.717, 1.165) is 89.9 Å². The molecule has 0 saturated heterocycles. The monoisotopic (exact) mass is 394 g/mol. The Hall–Kier alpha value is -1.58. The van der Waals surface area contributed by atoms with Gasteiger partial charge in [-0.25, -0.2) is 0 Å². The number of hydrogen-bond donors (Lipinski definition) is 0. The Balaban J connectivity index is 3.24. The molecule has 0 unspecified atom stereocenters. The van der Waals surface area contributed by atoms with Gasteiger partial charge < -0.3 is 9.47 Å². The lowest BCUT2D eigenvalue weighted by atomic mass is 10.1. The standard InChI is InChI=1S/C24H42O4/c1-3-5-7-11-15-19-23(25)27-21-17-13-9-10-14-18-22-28-24(26)20-16-12-8-6-4-2/h3-4H,1-2,5-22H2. The van der Waals surface area contributed by atoms with Crippen LogP contribution in [0.3, 0.4) is 0 Å². The number of esters is 2. The molecule has 0 heterocycles. The van der Waals surface area contributed by atoms with Crippen LogP contribution in [0.4, 0.5) is 0 Å². The minimum absolute atomic E-state index is 0.0684. The fourth-order valence-electron chi connectivity index (χ4n) is 2.90. The van der Waals surface area contributed by atoms with Crippen LogP contribution in [-0.4, -0.2) is 25.2 Å². The zero-order chi connectivity index (χ0) is 20.7. The number of unbranched alkanes of at least 4 members (excludes halogenated alkanes) is 11. The van der Waals surface area contributed by atoms with Crippen molar-refractivity contribution in [1.82, 2.24) is 0 Å². The Morgan fingerprint density at radius 1 is 0.536 bits per heavy atom. The summed E-state index contributed by atoms with van der Waals surface area (Å²) in [4.78, 5) is 23.1. The van der Waals surface area contributed by atoms with Crippen LogP contribution in [0, 0.1) is 0 Å². The Kier molecular flexibility index (Phi) is 20.5. The fraction of sp³-hybridized carbons (Fsp3) is 0.750. The van der Waals surface area contributed by atoms with E-state index in [-0.39, 0.29) is 11.9 Å². The first-order valence-electron chi connectivity index (χ1n) is 11.2. The molecular weight excluding hydrogens is 352 g/mol. The van der Waals surface area contributed by atoms with Gasteiger partial charge in [-0.1, -0.05) is 50.7 Å². The molecule has 0 atom stereocenters. The summed E-state index contributed by atoms with van der Waals surface area (Å²) in [5, 5.41) is 0. The molecule has 0 aliphatic heterocycles. The molecule has 4 nitrogen and oxygen atoms in total. The second-order valence-electron chi connectivity index (χ2n) is 7.34. The first-order valence-corrected chi connectivity index (χ1v) is 11.2. The summed E-state index contributed by atoms with van der Waals surface area (Å²) < 4.78 is 10.5. The fourth-order valence-corrected chi connectivity index (χ4v) is 2.90. The third kappa shape index (κ3) is 20.7. The molecule has 0 radical (unpaired) electrons. The van der Waals surface area contributed by atoms with Gasteiger partial charge in [0.15, 0.2) is 0 Å². The number of allylic oxidation sites excluding steroid dienone is 2. The third-order valence-corrected chi connectivity index (χ3v) is 4.64. The molecule has 0 saturated carbocycles. The zero-order valence-corrected chi connectivity index (χ0v) is 17.9. The summed E-state index contributed by atoms with van der Waals surface area (Å²) >= 11 is 0. The van der Waals surface area contributed by atoms with Crippen molar-refractivity contribution in [2.75, 3.05) is 13.2 Å². The summed E-state index contributed by atoms with van der Waals surface area (Å²) in [7, 11) is 0. The smallest absolute Gasteiger partial charge is 0.305 e. The molecule has 0 aliphatic carbocycles. The molecule has 0 amide bonds. The van der Waals surface area contributed by atoms with Gasteiger partial charge in [-0.2, -0.15) is 0 Å². The first-order chi connectivity index (χ1) is 13.7. The van der Waals surface area contributed by atoms with Crippen molar-refractivity contribution < 1.29 is 19.1 Å². The predicted octanol–water partition coefficient (Wildman–Crippen LogP) is 6.69. The topological polar surface area (TPSA) is 52.6 Å². The molecule has 28 heavy (non-hydrogen) atoms. The lowest BCUT2D eigenvalue weighted by Gasteiger charge is -2.06. The molecule has 0 fully saturated rings. The Labute approximate surface area is 172 Å². The van der Waals surface area contributed by atoms with Crippen molar-refractivity contribution in [3.05, 3.63) is 25.3 Å². The molecule has 0 spiro atoms. The first kappa shape index (κ1) is 26.4. The third-order valence-electron chi connectivity index (χ3n) is 4.64. The van der Waals surface area contributed by atoms with E-state index in [1.165, 1.54) is 0 Å². The molecule has 0 aromatic carbocycles. The lowest BCUT2D eigenvalue weighted by Crippen LogP contribution is -2.06. The summed E-state index contributed by atoms with van der Waals surface area (Å²) in [5.41, 5.74) is 0. The number of hydrogen-bond acceptors (Lipinski definition) is 4. The van der Waals surface area contributed by atoms with Gasteiger partial charge >= 0.3 is 11.9 Å². The molecule has 0 aromatic rings. The van der Waals surface area contributed by atoms with Crippen LogP contribution >= 0.6 is 0 Å². The highest BCUT2D eigenvalue weighted by molar-refractivity contribution is 5.69. The van der Waals surface area contributed by atoms with E-state index in [2.05, 4.69) is 13.2 Å². The number of ether oxygens (including phenoxy) is 2. The van der Waals surface area contributed by atoms with Crippen LogP contribution in [0.25, 0.3) is 0 Å². The molecular formula is C24H42O4. The second kappa shape index (κ2) is 21.7. The minimum Gasteiger partial charge on any atom is -0.466 e. The molecule has 0 aromatic heterocycles. The maximum absolute atomic E-state index is 11.6.